The molecule has 0 radical (unpaired) electrons. The summed E-state index contributed by atoms with van der Waals surface area (Å²) in [4.78, 5) is 4.85. The third-order valence-corrected chi connectivity index (χ3v) is 13.7. The van der Waals surface area contributed by atoms with Gasteiger partial charge in [0.15, 0.2) is 7.05 Å². The van der Waals surface area contributed by atoms with Crippen molar-refractivity contribution in [3.8, 4) is 44.5 Å². The number of hydrogen-bond acceptors (Lipinski definition) is 1. The molecule has 0 N–H and O–H groups in total. The summed E-state index contributed by atoms with van der Waals surface area (Å²) in [5.41, 5.74) is 17.9. The lowest BCUT2D eigenvalue weighted by Gasteiger charge is -2.34. The summed E-state index contributed by atoms with van der Waals surface area (Å²) in [7, 11) is 6.34. The summed E-state index contributed by atoms with van der Waals surface area (Å²) in [5.74, 6) is 1.01. The van der Waals surface area contributed by atoms with E-state index in [-0.39, 0.29) is 0 Å². The molecule has 1 aliphatic carbocycles. The van der Waals surface area contributed by atoms with Crippen LogP contribution in [0.4, 0.5) is 0 Å². The standard InChI is InChI=1S/C57H43N4/c1-36-58-52-31-30-38(33-54(52)60(36)3)43-22-14-24-45-49(43)34-48-42(37-28-29-39-35-59(2)61(4)53(39)32-37)21-13-23-44(48)55(45)47-25-15-27-51-56(47)46-20-11-12-26-50(46)57(51,40-16-7-5-8-17-40)41-18-9-6-10-19-41/h5-35H,1-4H3/q+1. The second-order valence-corrected chi connectivity index (χ2v) is 16.7. The lowest BCUT2D eigenvalue weighted by Crippen LogP contribution is -2.35. The van der Waals surface area contributed by atoms with E-state index >= 15 is 0 Å². The smallest absolute Gasteiger partial charge is 0.203 e. The zero-order valence-electron chi connectivity index (χ0n) is 34.7. The quantitative estimate of drug-likeness (QED) is 0.126. The minimum atomic E-state index is -0.502. The van der Waals surface area contributed by atoms with Crippen molar-refractivity contribution in [1.82, 2.24) is 14.2 Å². The Morgan fingerprint density at radius 3 is 1.72 bits per heavy atom. The Morgan fingerprint density at radius 1 is 0.475 bits per heavy atom. The van der Waals surface area contributed by atoms with Gasteiger partial charge >= 0.3 is 0 Å². The molecule has 0 unspecified atom stereocenters. The fourth-order valence-corrected chi connectivity index (χ4v) is 10.7. The van der Waals surface area contributed by atoms with Crippen LogP contribution in [0.15, 0.2) is 188 Å². The molecule has 9 aromatic carbocycles. The van der Waals surface area contributed by atoms with E-state index in [1.807, 2.05) is 0 Å². The number of hydrogen-bond donors (Lipinski definition) is 0. The Bertz CT molecular complexity index is 3390. The summed E-state index contributed by atoms with van der Waals surface area (Å²) in [6.07, 6.45) is 2.19. The molecular weight excluding hydrogens is 741 g/mol. The molecule has 0 amide bonds. The maximum absolute atomic E-state index is 4.85. The van der Waals surface area contributed by atoms with Crippen LogP contribution in [0.2, 0.25) is 0 Å². The average molecular weight is 784 g/mol. The van der Waals surface area contributed by atoms with Gasteiger partial charge in [0.25, 0.3) is 0 Å². The lowest BCUT2D eigenvalue weighted by atomic mass is 9.67. The summed E-state index contributed by atoms with van der Waals surface area (Å²) in [5, 5.41) is 6.15. The first-order valence-corrected chi connectivity index (χ1v) is 21.1. The van der Waals surface area contributed by atoms with Gasteiger partial charge in [-0.1, -0.05) is 152 Å². The van der Waals surface area contributed by atoms with Gasteiger partial charge in [0, 0.05) is 7.05 Å². The maximum Gasteiger partial charge on any atom is 0.203 e. The van der Waals surface area contributed by atoms with Gasteiger partial charge in [0.05, 0.1) is 28.9 Å². The summed E-state index contributed by atoms with van der Waals surface area (Å²) in [6.45, 7) is 2.07. The number of rotatable bonds is 5. The number of aryl methyl sites for hydroxylation is 4. The van der Waals surface area contributed by atoms with Gasteiger partial charge in [-0.3, -0.25) is 0 Å². The van der Waals surface area contributed by atoms with Gasteiger partial charge < -0.3 is 4.57 Å². The van der Waals surface area contributed by atoms with Crippen molar-refractivity contribution in [3.05, 3.63) is 216 Å². The van der Waals surface area contributed by atoms with E-state index in [1.54, 1.807) is 0 Å². The Labute approximate surface area is 355 Å². The van der Waals surface area contributed by atoms with Crippen molar-refractivity contribution in [2.24, 2.45) is 21.1 Å². The molecule has 1 aliphatic rings. The predicted octanol–water partition coefficient (Wildman–Crippen LogP) is 12.9. The van der Waals surface area contributed by atoms with Crippen LogP contribution in [0.3, 0.4) is 0 Å². The Balaban J connectivity index is 1.22. The first-order valence-electron chi connectivity index (χ1n) is 21.1. The fourth-order valence-electron chi connectivity index (χ4n) is 10.7. The number of aromatic nitrogens is 4. The predicted molar refractivity (Wildman–Crippen MR) is 252 cm³/mol. The van der Waals surface area contributed by atoms with E-state index < -0.39 is 5.41 Å². The van der Waals surface area contributed by atoms with Crippen molar-refractivity contribution in [2.45, 2.75) is 12.3 Å². The first-order chi connectivity index (χ1) is 29.9. The van der Waals surface area contributed by atoms with Gasteiger partial charge in [0.1, 0.15) is 11.3 Å². The van der Waals surface area contributed by atoms with Crippen molar-refractivity contribution in [3.63, 3.8) is 0 Å². The second kappa shape index (κ2) is 13.2. The summed E-state index contributed by atoms with van der Waals surface area (Å²) in [6, 6.07) is 68.2. The van der Waals surface area contributed by atoms with Gasteiger partial charge in [-0.25, -0.2) is 4.98 Å². The van der Waals surface area contributed by atoms with E-state index in [4.69, 9.17) is 4.98 Å². The topological polar surface area (TPSA) is 26.6 Å². The van der Waals surface area contributed by atoms with E-state index in [1.165, 1.54) is 99.2 Å². The molecule has 0 saturated heterocycles. The molecule has 2 aromatic heterocycles. The molecule has 0 aliphatic heterocycles. The molecule has 0 bridgehead atoms. The second-order valence-electron chi connectivity index (χ2n) is 16.7. The van der Waals surface area contributed by atoms with Crippen molar-refractivity contribution in [2.75, 3.05) is 0 Å². The van der Waals surface area contributed by atoms with E-state index in [0.29, 0.717) is 0 Å². The monoisotopic (exact) mass is 783 g/mol. The molecule has 61 heavy (non-hydrogen) atoms. The van der Waals surface area contributed by atoms with Crippen LogP contribution in [-0.2, 0) is 26.6 Å². The van der Waals surface area contributed by atoms with Crippen molar-refractivity contribution >= 4 is 43.5 Å². The molecule has 2 heterocycles. The third-order valence-electron chi connectivity index (χ3n) is 13.7. The molecular formula is C57H43N4+. The Hall–Kier alpha value is -7.56. The normalized spacial score (nSPS) is 13.0. The van der Waals surface area contributed by atoms with Crippen LogP contribution in [-0.4, -0.2) is 14.2 Å². The number of nitrogens with zero attached hydrogens (tertiary/aromatic N) is 4. The lowest BCUT2D eigenvalue weighted by molar-refractivity contribution is -0.748. The van der Waals surface area contributed by atoms with Gasteiger partial charge in [-0.2, -0.15) is 4.68 Å². The summed E-state index contributed by atoms with van der Waals surface area (Å²) >= 11 is 0. The minimum Gasteiger partial charge on any atom is -0.331 e. The number of benzene rings is 9. The molecule has 0 spiro atoms. The van der Waals surface area contributed by atoms with Gasteiger partial charge in [-0.15, -0.1) is 4.68 Å². The van der Waals surface area contributed by atoms with Gasteiger partial charge in [-0.05, 0) is 126 Å². The highest BCUT2D eigenvalue weighted by molar-refractivity contribution is 6.21. The minimum absolute atomic E-state index is 0.502. The Kier molecular flexibility index (Phi) is 7.67. The van der Waals surface area contributed by atoms with E-state index in [2.05, 4.69) is 230 Å². The molecule has 0 fully saturated rings. The zero-order valence-corrected chi connectivity index (χ0v) is 34.7. The average Bonchev–Trinajstić information content (AvgIpc) is 3.89. The van der Waals surface area contributed by atoms with Crippen LogP contribution in [0.25, 0.3) is 88.0 Å². The van der Waals surface area contributed by atoms with Crippen LogP contribution >= 0.6 is 0 Å². The van der Waals surface area contributed by atoms with Crippen LogP contribution < -0.4 is 4.68 Å². The molecule has 4 heteroatoms. The molecule has 290 valence electrons. The molecule has 0 atom stereocenters. The molecule has 12 rings (SSSR count). The maximum atomic E-state index is 4.85. The third kappa shape index (κ3) is 4.99. The SMILES string of the molecule is Cc1nc2ccc(-c3cccc4c(-c5cccc6c5-c5ccccc5C6(c5ccccc5)c5ccccc5)c5cccc(-c6ccc7c[n+](C)n(C)c7c6)c5cc34)cc2n1C. The number of imidazole rings is 1. The molecule has 0 saturated carbocycles. The highest BCUT2D eigenvalue weighted by Gasteiger charge is 2.47. The largest absolute Gasteiger partial charge is 0.331 e. The first kappa shape index (κ1) is 35.4. The highest BCUT2D eigenvalue weighted by atomic mass is 15.4. The van der Waals surface area contributed by atoms with Gasteiger partial charge in [0.2, 0.25) is 6.20 Å². The zero-order chi connectivity index (χ0) is 41.0. The molecule has 4 nitrogen and oxygen atoms in total. The Morgan fingerprint density at radius 2 is 1.03 bits per heavy atom. The van der Waals surface area contributed by atoms with Crippen molar-refractivity contribution < 1.29 is 4.68 Å². The van der Waals surface area contributed by atoms with Crippen LogP contribution in [0.5, 0.6) is 0 Å². The van der Waals surface area contributed by atoms with E-state index in [9.17, 15) is 0 Å². The summed E-state index contributed by atoms with van der Waals surface area (Å²) < 4.78 is 6.56. The van der Waals surface area contributed by atoms with Crippen molar-refractivity contribution in [1.29, 1.82) is 0 Å². The number of fused-ring (bicyclic) bond motifs is 7. The van der Waals surface area contributed by atoms with Crippen LogP contribution in [0.1, 0.15) is 28.1 Å². The van der Waals surface area contributed by atoms with E-state index in [0.717, 1.165) is 16.9 Å². The molecule has 11 aromatic rings. The van der Waals surface area contributed by atoms with Crippen LogP contribution in [0, 0.1) is 6.92 Å². The highest BCUT2D eigenvalue weighted by Crippen LogP contribution is 2.59. The fraction of sp³-hybridized carbons (Fsp3) is 0.0877.